The molecule has 0 aliphatic carbocycles. The number of thiophene rings is 1. The van der Waals surface area contributed by atoms with Crippen molar-refractivity contribution in [3.8, 4) is 5.75 Å². The number of rotatable bonds is 6. The van der Waals surface area contributed by atoms with Crippen molar-refractivity contribution >= 4 is 44.7 Å². The van der Waals surface area contributed by atoms with Crippen LogP contribution in [0.4, 0.5) is 0 Å². The van der Waals surface area contributed by atoms with Gasteiger partial charge in [-0.25, -0.2) is 0 Å². The minimum atomic E-state index is -0.684. The van der Waals surface area contributed by atoms with Gasteiger partial charge in [-0.3, -0.25) is 9.59 Å². The number of carbonyl (C=O) groups is 2. The van der Waals surface area contributed by atoms with E-state index in [0.717, 1.165) is 14.9 Å². The van der Waals surface area contributed by atoms with Gasteiger partial charge in [0.25, 0.3) is 11.7 Å². The predicted octanol–water partition coefficient (Wildman–Crippen LogP) is 5.53. The van der Waals surface area contributed by atoms with Crippen LogP contribution in [0.15, 0.2) is 76.1 Å². The Morgan fingerprint density at radius 2 is 1.81 bits per heavy atom. The van der Waals surface area contributed by atoms with E-state index in [1.807, 2.05) is 48.7 Å². The van der Waals surface area contributed by atoms with Gasteiger partial charge in [0.1, 0.15) is 11.5 Å². The first kappa shape index (κ1) is 21.3. The van der Waals surface area contributed by atoms with Crippen LogP contribution in [0.2, 0.25) is 0 Å². The molecule has 0 bridgehead atoms. The van der Waals surface area contributed by atoms with Crippen molar-refractivity contribution in [1.82, 2.24) is 4.90 Å². The molecule has 5 nitrogen and oxygen atoms in total. The third-order valence-electron chi connectivity index (χ3n) is 5.07. The van der Waals surface area contributed by atoms with Crippen molar-refractivity contribution in [2.45, 2.75) is 19.5 Å². The molecule has 158 valence electrons. The summed E-state index contributed by atoms with van der Waals surface area (Å²) < 4.78 is 6.34. The molecule has 1 aromatic heterocycles. The lowest BCUT2D eigenvalue weighted by atomic mass is 9.95. The molecule has 7 heteroatoms. The average Bonchev–Trinajstić information content (AvgIpc) is 3.37. The number of likely N-dealkylation sites (tertiary alicyclic amines) is 1. The van der Waals surface area contributed by atoms with Crippen LogP contribution in [0.1, 0.15) is 29.0 Å². The van der Waals surface area contributed by atoms with E-state index in [1.165, 1.54) is 16.2 Å². The Labute approximate surface area is 192 Å². The minimum Gasteiger partial charge on any atom is -0.507 e. The summed E-state index contributed by atoms with van der Waals surface area (Å²) in [5.74, 6) is -0.825. The minimum absolute atomic E-state index is 0.0908. The quantitative estimate of drug-likeness (QED) is 0.276. The normalized spacial score (nSPS) is 17.9. The molecular formula is C24H20BrNO4S. The third kappa shape index (κ3) is 4.29. The summed E-state index contributed by atoms with van der Waals surface area (Å²) in [6, 6.07) is 17.4. The van der Waals surface area contributed by atoms with Crippen LogP contribution >= 0.6 is 27.3 Å². The second-order valence-corrected chi connectivity index (χ2v) is 8.96. The van der Waals surface area contributed by atoms with Gasteiger partial charge in [0.05, 0.1) is 24.8 Å². The number of hydrogen-bond donors (Lipinski definition) is 1. The smallest absolute Gasteiger partial charge is 0.295 e. The molecule has 1 atom stereocenters. The van der Waals surface area contributed by atoms with Crippen molar-refractivity contribution in [1.29, 1.82) is 0 Å². The zero-order valence-corrected chi connectivity index (χ0v) is 19.2. The summed E-state index contributed by atoms with van der Waals surface area (Å²) in [6.45, 7) is 2.72. The molecule has 1 saturated heterocycles. The van der Waals surface area contributed by atoms with E-state index < -0.39 is 17.7 Å². The molecule has 0 radical (unpaired) electrons. The monoisotopic (exact) mass is 497 g/mol. The van der Waals surface area contributed by atoms with E-state index in [2.05, 4.69) is 15.9 Å². The summed E-state index contributed by atoms with van der Waals surface area (Å²) in [5.41, 5.74) is 1.30. The number of hydrogen-bond acceptors (Lipinski definition) is 5. The Balaban J connectivity index is 1.81. The van der Waals surface area contributed by atoms with Crippen molar-refractivity contribution in [3.63, 3.8) is 0 Å². The van der Waals surface area contributed by atoms with E-state index in [4.69, 9.17) is 4.74 Å². The molecule has 3 aromatic rings. The molecule has 4 rings (SSSR count). The Morgan fingerprint density at radius 3 is 2.42 bits per heavy atom. The van der Waals surface area contributed by atoms with Crippen molar-refractivity contribution in [2.75, 3.05) is 6.61 Å². The fraction of sp³-hybridized carbons (Fsp3) is 0.167. The highest BCUT2D eigenvalue weighted by molar-refractivity contribution is 9.10. The number of halogens is 1. The van der Waals surface area contributed by atoms with Crippen LogP contribution in [-0.2, 0) is 16.1 Å². The number of aliphatic hydroxyl groups is 1. The van der Waals surface area contributed by atoms with Crippen LogP contribution in [0, 0.1) is 0 Å². The molecule has 1 aliphatic rings. The lowest BCUT2D eigenvalue weighted by Crippen LogP contribution is -2.28. The van der Waals surface area contributed by atoms with Crippen LogP contribution in [0.3, 0.4) is 0 Å². The first-order valence-corrected chi connectivity index (χ1v) is 11.5. The molecule has 1 aliphatic heterocycles. The van der Waals surface area contributed by atoms with E-state index in [-0.39, 0.29) is 11.3 Å². The highest BCUT2D eigenvalue weighted by Gasteiger charge is 2.46. The van der Waals surface area contributed by atoms with Crippen molar-refractivity contribution in [2.24, 2.45) is 0 Å². The largest absolute Gasteiger partial charge is 0.507 e. The summed E-state index contributed by atoms with van der Waals surface area (Å²) >= 11 is 4.94. The number of nitrogens with zero attached hydrogens (tertiary/aromatic N) is 1. The number of Topliss-reactive ketones (excluding diaryl/α,β-unsaturated/α-hetero) is 1. The van der Waals surface area contributed by atoms with Gasteiger partial charge in [-0.05, 0) is 60.3 Å². The zero-order valence-electron chi connectivity index (χ0n) is 16.7. The Hall–Kier alpha value is -2.90. The highest BCUT2D eigenvalue weighted by Crippen LogP contribution is 2.41. The Morgan fingerprint density at radius 1 is 1.10 bits per heavy atom. The second kappa shape index (κ2) is 9.08. The molecule has 31 heavy (non-hydrogen) atoms. The van der Waals surface area contributed by atoms with Crippen molar-refractivity contribution in [3.05, 3.63) is 92.1 Å². The molecule has 1 unspecified atom stereocenters. The first-order valence-electron chi connectivity index (χ1n) is 9.79. The number of ether oxygens (including phenoxy) is 1. The average molecular weight is 498 g/mol. The maximum Gasteiger partial charge on any atom is 0.295 e. The molecule has 1 N–H and O–H groups in total. The number of aliphatic hydroxyl groups excluding tert-OH is 1. The van der Waals surface area contributed by atoms with Crippen LogP contribution in [0.25, 0.3) is 5.76 Å². The number of carbonyl (C=O) groups excluding carboxylic acids is 2. The standard InChI is InChI=1S/C24H20BrNO4S/c1-2-30-18-11-7-16(8-12-18)22(27)20-21(15-5-9-17(25)10-6-15)26(24(29)23(20)28)14-19-4-3-13-31-19/h3-13,21,27H,2,14H2,1H3/b22-20+. The molecule has 1 fully saturated rings. The van der Waals surface area contributed by atoms with E-state index in [9.17, 15) is 14.7 Å². The van der Waals surface area contributed by atoms with Crippen LogP contribution < -0.4 is 4.74 Å². The predicted molar refractivity (Wildman–Crippen MR) is 124 cm³/mol. The van der Waals surface area contributed by atoms with Gasteiger partial charge in [0.2, 0.25) is 0 Å². The first-order chi connectivity index (χ1) is 15.0. The SMILES string of the molecule is CCOc1ccc(/C(O)=C2\C(=O)C(=O)N(Cc3cccs3)C2c2ccc(Br)cc2)cc1. The lowest BCUT2D eigenvalue weighted by Gasteiger charge is -2.25. The van der Waals surface area contributed by atoms with Gasteiger partial charge >= 0.3 is 0 Å². The highest BCUT2D eigenvalue weighted by atomic mass is 79.9. The van der Waals surface area contributed by atoms with Gasteiger partial charge < -0.3 is 14.7 Å². The summed E-state index contributed by atoms with van der Waals surface area (Å²) in [4.78, 5) is 28.5. The van der Waals surface area contributed by atoms with Crippen LogP contribution in [0.5, 0.6) is 5.75 Å². The molecule has 2 heterocycles. The van der Waals surface area contributed by atoms with E-state index >= 15 is 0 Å². The maximum absolute atomic E-state index is 13.0. The van der Waals surface area contributed by atoms with Gasteiger partial charge in [0, 0.05) is 14.9 Å². The number of amides is 1. The Kier molecular flexibility index (Phi) is 6.25. The second-order valence-electron chi connectivity index (χ2n) is 7.02. The van der Waals surface area contributed by atoms with Gasteiger partial charge in [-0.2, -0.15) is 0 Å². The van der Waals surface area contributed by atoms with E-state index in [1.54, 1.807) is 24.3 Å². The molecule has 1 amide bonds. The Bertz CT molecular complexity index is 1120. The molecular weight excluding hydrogens is 478 g/mol. The van der Waals surface area contributed by atoms with Crippen LogP contribution in [-0.4, -0.2) is 28.3 Å². The maximum atomic E-state index is 13.0. The topological polar surface area (TPSA) is 66.8 Å². The fourth-order valence-corrected chi connectivity index (χ4v) is 4.60. The fourth-order valence-electron chi connectivity index (χ4n) is 3.64. The number of ketones is 1. The zero-order chi connectivity index (χ0) is 22.0. The third-order valence-corrected chi connectivity index (χ3v) is 6.46. The van der Waals surface area contributed by atoms with Gasteiger partial charge in [0.15, 0.2) is 0 Å². The summed E-state index contributed by atoms with van der Waals surface area (Å²) in [6.07, 6.45) is 0. The molecule has 2 aromatic carbocycles. The van der Waals surface area contributed by atoms with Gasteiger partial charge in [-0.15, -0.1) is 11.3 Å². The summed E-state index contributed by atoms with van der Waals surface area (Å²) in [5, 5.41) is 13.0. The number of benzene rings is 2. The molecule has 0 saturated carbocycles. The summed E-state index contributed by atoms with van der Waals surface area (Å²) in [7, 11) is 0. The molecule has 0 spiro atoms. The van der Waals surface area contributed by atoms with E-state index in [0.29, 0.717) is 24.5 Å². The lowest BCUT2D eigenvalue weighted by molar-refractivity contribution is -0.140. The van der Waals surface area contributed by atoms with Gasteiger partial charge in [-0.1, -0.05) is 34.1 Å². The van der Waals surface area contributed by atoms with Crippen molar-refractivity contribution < 1.29 is 19.4 Å².